The fourth-order valence-electron chi connectivity index (χ4n) is 1.76. The van der Waals surface area contributed by atoms with E-state index in [1.807, 2.05) is 0 Å². The molecule has 2 rings (SSSR count). The number of nitrogens with zero attached hydrogens (tertiary/aromatic N) is 1. The fourth-order valence-corrected chi connectivity index (χ4v) is 2.73. The Kier molecular flexibility index (Phi) is 7.08. The summed E-state index contributed by atoms with van der Waals surface area (Å²) in [6.07, 6.45) is 1.26. The number of benzene rings is 2. The third-order valence-corrected chi connectivity index (χ3v) is 4.27. The van der Waals surface area contributed by atoms with Crippen molar-refractivity contribution in [1.82, 2.24) is 10.7 Å². The highest BCUT2D eigenvalue weighted by molar-refractivity contribution is 6.39. The minimum absolute atomic E-state index is 0.0717. The van der Waals surface area contributed by atoms with Crippen LogP contribution in [0.1, 0.15) is 11.1 Å². The third kappa shape index (κ3) is 5.61. The summed E-state index contributed by atoms with van der Waals surface area (Å²) < 4.78 is 0. The summed E-state index contributed by atoms with van der Waals surface area (Å²) >= 11 is 23.7. The van der Waals surface area contributed by atoms with Crippen molar-refractivity contribution in [3.63, 3.8) is 0 Å². The van der Waals surface area contributed by atoms with Gasteiger partial charge in [-0.05, 0) is 29.8 Å². The molecule has 2 aromatic rings. The summed E-state index contributed by atoms with van der Waals surface area (Å²) in [4.78, 5) is 23.5. The van der Waals surface area contributed by atoms with Crippen LogP contribution in [0.3, 0.4) is 0 Å². The topological polar surface area (TPSA) is 70.6 Å². The first kappa shape index (κ1) is 19.5. The molecule has 0 aliphatic carbocycles. The molecule has 2 aromatic carbocycles. The SMILES string of the molecule is O=C(NCc1ccc(Cl)cc1Cl)C(=O)N/N=C\c1c(Cl)cccc1Cl. The van der Waals surface area contributed by atoms with Crippen LogP contribution in [0, 0.1) is 0 Å². The van der Waals surface area contributed by atoms with Crippen LogP contribution in [0.25, 0.3) is 0 Å². The quantitative estimate of drug-likeness (QED) is 0.446. The number of amides is 2. The summed E-state index contributed by atoms with van der Waals surface area (Å²) in [7, 11) is 0. The molecule has 2 amide bonds. The van der Waals surface area contributed by atoms with Crippen LogP contribution < -0.4 is 10.7 Å². The molecule has 0 atom stereocenters. The molecule has 9 heteroatoms. The Balaban J connectivity index is 1.90. The molecule has 0 bridgehead atoms. The summed E-state index contributed by atoms with van der Waals surface area (Å²) in [5, 5.41) is 7.70. The molecular formula is C16H11Cl4N3O2. The summed E-state index contributed by atoms with van der Waals surface area (Å²) in [6.45, 7) is 0.0717. The van der Waals surface area contributed by atoms with Crippen molar-refractivity contribution in [2.45, 2.75) is 6.54 Å². The lowest BCUT2D eigenvalue weighted by atomic mass is 10.2. The molecule has 0 saturated carbocycles. The van der Waals surface area contributed by atoms with Crippen molar-refractivity contribution in [3.8, 4) is 0 Å². The number of rotatable bonds is 4. The Morgan fingerprint density at radius 2 is 1.64 bits per heavy atom. The standard InChI is InChI=1S/C16H11Cl4N3O2/c17-10-5-4-9(14(20)6-10)7-21-15(24)16(25)23-22-8-11-12(18)2-1-3-13(11)19/h1-6,8H,7H2,(H,21,24)(H,23,25)/b22-8-. The van der Waals surface area contributed by atoms with Gasteiger partial charge in [-0.15, -0.1) is 0 Å². The van der Waals surface area contributed by atoms with E-state index < -0.39 is 11.8 Å². The van der Waals surface area contributed by atoms with Gasteiger partial charge in [0.15, 0.2) is 0 Å². The van der Waals surface area contributed by atoms with E-state index in [-0.39, 0.29) is 6.54 Å². The second-order valence-corrected chi connectivity index (χ2v) is 6.41. The molecule has 0 heterocycles. The summed E-state index contributed by atoms with van der Waals surface area (Å²) in [5.41, 5.74) is 3.15. The van der Waals surface area contributed by atoms with Crippen molar-refractivity contribution >= 4 is 64.4 Å². The lowest BCUT2D eigenvalue weighted by Gasteiger charge is -2.06. The van der Waals surface area contributed by atoms with Crippen LogP contribution in [0.5, 0.6) is 0 Å². The molecule has 0 aliphatic rings. The number of carbonyl (C=O) groups is 2. The van der Waals surface area contributed by atoms with E-state index in [0.29, 0.717) is 31.2 Å². The highest BCUT2D eigenvalue weighted by Gasteiger charge is 2.13. The average molecular weight is 419 g/mol. The molecule has 0 fully saturated rings. The predicted molar refractivity (Wildman–Crippen MR) is 101 cm³/mol. The van der Waals surface area contributed by atoms with E-state index in [1.54, 1.807) is 36.4 Å². The van der Waals surface area contributed by atoms with Gasteiger partial charge in [0.05, 0.1) is 16.3 Å². The Bertz CT molecular complexity index is 820. The molecule has 0 aromatic heterocycles. The van der Waals surface area contributed by atoms with Gasteiger partial charge in [0.1, 0.15) is 0 Å². The molecule has 130 valence electrons. The van der Waals surface area contributed by atoms with E-state index in [4.69, 9.17) is 46.4 Å². The maximum absolute atomic E-state index is 11.8. The number of halogens is 4. The molecule has 0 spiro atoms. The molecular weight excluding hydrogens is 408 g/mol. The van der Waals surface area contributed by atoms with Crippen LogP contribution in [0.4, 0.5) is 0 Å². The molecule has 25 heavy (non-hydrogen) atoms. The van der Waals surface area contributed by atoms with Gasteiger partial charge in [-0.2, -0.15) is 5.10 Å². The van der Waals surface area contributed by atoms with Crippen LogP contribution in [0.2, 0.25) is 20.1 Å². The normalized spacial score (nSPS) is 10.7. The maximum Gasteiger partial charge on any atom is 0.329 e. The molecule has 0 radical (unpaired) electrons. The zero-order chi connectivity index (χ0) is 18.4. The third-order valence-electron chi connectivity index (χ3n) is 3.02. The highest BCUT2D eigenvalue weighted by atomic mass is 35.5. The second-order valence-electron chi connectivity index (χ2n) is 4.75. The predicted octanol–water partition coefficient (Wildman–Crippen LogP) is 4.07. The van der Waals surface area contributed by atoms with Crippen LogP contribution in [0.15, 0.2) is 41.5 Å². The van der Waals surface area contributed by atoms with Gasteiger partial charge in [-0.1, -0.05) is 58.5 Å². The van der Waals surface area contributed by atoms with E-state index in [2.05, 4.69) is 15.8 Å². The Morgan fingerprint density at radius 1 is 0.960 bits per heavy atom. The van der Waals surface area contributed by atoms with Crippen molar-refractivity contribution in [2.24, 2.45) is 5.10 Å². The largest absolute Gasteiger partial charge is 0.344 e. The van der Waals surface area contributed by atoms with Gasteiger partial charge < -0.3 is 5.32 Å². The number of hydrogen-bond acceptors (Lipinski definition) is 3. The number of carbonyl (C=O) groups excluding carboxylic acids is 2. The average Bonchev–Trinajstić information content (AvgIpc) is 2.56. The van der Waals surface area contributed by atoms with Gasteiger partial charge in [-0.25, -0.2) is 5.43 Å². The monoisotopic (exact) mass is 417 g/mol. The Hall–Kier alpha value is -1.79. The first-order chi connectivity index (χ1) is 11.9. The van der Waals surface area contributed by atoms with Crippen molar-refractivity contribution < 1.29 is 9.59 Å². The zero-order valence-electron chi connectivity index (χ0n) is 12.5. The van der Waals surface area contributed by atoms with Gasteiger partial charge in [0.2, 0.25) is 0 Å². The van der Waals surface area contributed by atoms with Crippen LogP contribution in [-0.2, 0) is 16.1 Å². The van der Waals surface area contributed by atoms with Crippen molar-refractivity contribution in [1.29, 1.82) is 0 Å². The molecule has 2 N–H and O–H groups in total. The Labute approximate surface area is 163 Å². The van der Waals surface area contributed by atoms with Crippen molar-refractivity contribution in [2.75, 3.05) is 0 Å². The molecule has 0 saturated heterocycles. The minimum Gasteiger partial charge on any atom is -0.344 e. The van der Waals surface area contributed by atoms with Crippen molar-refractivity contribution in [3.05, 3.63) is 67.6 Å². The molecule has 0 unspecified atom stereocenters. The smallest absolute Gasteiger partial charge is 0.329 e. The van der Waals surface area contributed by atoms with Crippen LogP contribution >= 0.6 is 46.4 Å². The first-order valence-electron chi connectivity index (χ1n) is 6.87. The number of hydrogen-bond donors (Lipinski definition) is 2. The van der Waals surface area contributed by atoms with Crippen LogP contribution in [-0.4, -0.2) is 18.0 Å². The lowest BCUT2D eigenvalue weighted by Crippen LogP contribution is -2.37. The van der Waals surface area contributed by atoms with Gasteiger partial charge >= 0.3 is 11.8 Å². The van der Waals surface area contributed by atoms with E-state index in [9.17, 15) is 9.59 Å². The molecule has 0 aliphatic heterocycles. The second kappa shape index (κ2) is 9.06. The first-order valence-corrected chi connectivity index (χ1v) is 8.39. The number of hydrazone groups is 1. The number of nitrogens with one attached hydrogen (secondary N) is 2. The molecule has 5 nitrogen and oxygen atoms in total. The fraction of sp³-hybridized carbons (Fsp3) is 0.0625. The Morgan fingerprint density at radius 3 is 2.28 bits per heavy atom. The van der Waals surface area contributed by atoms with E-state index in [0.717, 1.165) is 0 Å². The van der Waals surface area contributed by atoms with Gasteiger partial charge in [0.25, 0.3) is 0 Å². The van der Waals surface area contributed by atoms with E-state index >= 15 is 0 Å². The maximum atomic E-state index is 11.8. The van der Waals surface area contributed by atoms with Gasteiger partial charge in [-0.3, -0.25) is 9.59 Å². The lowest BCUT2D eigenvalue weighted by molar-refractivity contribution is -0.139. The highest BCUT2D eigenvalue weighted by Crippen LogP contribution is 2.22. The summed E-state index contributed by atoms with van der Waals surface area (Å²) in [5.74, 6) is -1.81. The zero-order valence-corrected chi connectivity index (χ0v) is 15.5. The van der Waals surface area contributed by atoms with E-state index in [1.165, 1.54) is 6.21 Å². The van der Waals surface area contributed by atoms with Gasteiger partial charge in [0, 0.05) is 22.2 Å². The minimum atomic E-state index is -0.940. The summed E-state index contributed by atoms with van der Waals surface area (Å²) in [6, 6.07) is 9.75.